The standard InChI is InChI=1S/C27H28F4N2O2/c28-18-5-8-22(24(11-18)35-20-6-7-20)25(34)33-15-26(16-33)12-19(13-26)32-10-9-17(14-32)21-3-1-2-4-23(21)27(29,30)31/h1-5,8,11,17,19-20H,6-7,9-10,12-16H2/t17-/m0/s1. The van der Waals surface area contributed by atoms with Gasteiger partial charge in [-0.15, -0.1) is 0 Å². The van der Waals surface area contributed by atoms with Crippen molar-refractivity contribution in [2.45, 2.75) is 56.3 Å². The van der Waals surface area contributed by atoms with Crippen molar-refractivity contribution in [3.05, 3.63) is 65.0 Å². The number of nitrogens with zero attached hydrogens (tertiary/aromatic N) is 2. The van der Waals surface area contributed by atoms with Crippen molar-refractivity contribution < 1.29 is 27.1 Å². The second-order valence-electron chi connectivity index (χ2n) is 10.7. The van der Waals surface area contributed by atoms with Crippen LogP contribution < -0.4 is 4.74 Å². The van der Waals surface area contributed by atoms with Crippen molar-refractivity contribution in [1.29, 1.82) is 0 Å². The van der Waals surface area contributed by atoms with Gasteiger partial charge in [0, 0.05) is 37.2 Å². The Labute approximate surface area is 201 Å². The van der Waals surface area contributed by atoms with E-state index >= 15 is 0 Å². The van der Waals surface area contributed by atoms with Crippen molar-refractivity contribution in [2.24, 2.45) is 5.41 Å². The summed E-state index contributed by atoms with van der Waals surface area (Å²) in [6, 6.07) is 10.4. The number of carbonyl (C=O) groups is 1. The average molecular weight is 489 g/mol. The van der Waals surface area contributed by atoms with Crippen LogP contribution in [0.15, 0.2) is 42.5 Å². The highest BCUT2D eigenvalue weighted by molar-refractivity contribution is 5.97. The molecule has 0 aromatic heterocycles. The lowest BCUT2D eigenvalue weighted by Crippen LogP contribution is -2.67. The SMILES string of the molecule is O=C(c1ccc(F)cc1OC1CC1)N1CC2(CC(N3CC[C@H](c4ccccc4C(F)(F)F)C3)C2)C1. The Kier molecular flexibility index (Phi) is 5.36. The van der Waals surface area contributed by atoms with Crippen LogP contribution in [0.3, 0.4) is 0 Å². The summed E-state index contributed by atoms with van der Waals surface area (Å²) in [5, 5.41) is 0. The second-order valence-corrected chi connectivity index (χ2v) is 10.7. The van der Waals surface area contributed by atoms with Gasteiger partial charge in [-0.05, 0) is 68.3 Å². The van der Waals surface area contributed by atoms with Crippen molar-refractivity contribution >= 4 is 5.91 Å². The van der Waals surface area contributed by atoms with Gasteiger partial charge in [0.15, 0.2) is 0 Å². The van der Waals surface area contributed by atoms with Gasteiger partial charge >= 0.3 is 6.18 Å². The Bertz CT molecular complexity index is 1130. The molecule has 0 bridgehead atoms. The second kappa shape index (κ2) is 8.22. The Morgan fingerprint density at radius 2 is 1.77 bits per heavy atom. The van der Waals surface area contributed by atoms with E-state index in [4.69, 9.17) is 4.74 Å². The molecule has 2 aromatic carbocycles. The Hall–Kier alpha value is -2.61. The van der Waals surface area contributed by atoms with Crippen LogP contribution in [-0.2, 0) is 6.18 Å². The van der Waals surface area contributed by atoms with Gasteiger partial charge in [0.1, 0.15) is 11.6 Å². The molecule has 186 valence electrons. The van der Waals surface area contributed by atoms with Gasteiger partial charge in [-0.2, -0.15) is 13.2 Å². The summed E-state index contributed by atoms with van der Waals surface area (Å²) in [5.41, 5.74) is 0.394. The van der Waals surface area contributed by atoms with Gasteiger partial charge in [0.2, 0.25) is 0 Å². The summed E-state index contributed by atoms with van der Waals surface area (Å²) < 4.78 is 59.8. The third-order valence-electron chi connectivity index (χ3n) is 8.11. The molecule has 4 nitrogen and oxygen atoms in total. The number of rotatable bonds is 5. The van der Waals surface area contributed by atoms with E-state index in [-0.39, 0.29) is 23.3 Å². The van der Waals surface area contributed by atoms with Crippen molar-refractivity contribution in [2.75, 3.05) is 26.2 Å². The fourth-order valence-electron chi connectivity index (χ4n) is 6.15. The molecule has 2 aliphatic heterocycles. The minimum absolute atomic E-state index is 0.0749. The molecule has 2 saturated heterocycles. The van der Waals surface area contributed by atoms with Crippen LogP contribution in [0.2, 0.25) is 0 Å². The lowest BCUT2D eigenvalue weighted by Gasteiger charge is -2.60. The smallest absolute Gasteiger partial charge is 0.416 e. The first-order valence-electron chi connectivity index (χ1n) is 12.4. The van der Waals surface area contributed by atoms with E-state index in [1.54, 1.807) is 17.0 Å². The fourth-order valence-corrected chi connectivity index (χ4v) is 6.15. The predicted molar refractivity (Wildman–Crippen MR) is 122 cm³/mol. The highest BCUT2D eigenvalue weighted by atomic mass is 19.4. The minimum atomic E-state index is -4.33. The molecule has 6 rings (SSSR count). The Morgan fingerprint density at radius 1 is 1.03 bits per heavy atom. The zero-order chi connectivity index (χ0) is 24.4. The number of alkyl halides is 3. The molecular formula is C27H28F4N2O2. The minimum Gasteiger partial charge on any atom is -0.489 e. The fraction of sp³-hybridized carbons (Fsp3) is 0.519. The molecule has 1 amide bonds. The van der Waals surface area contributed by atoms with E-state index in [2.05, 4.69) is 4.90 Å². The van der Waals surface area contributed by atoms with E-state index in [0.717, 1.165) is 38.6 Å². The molecule has 2 aromatic rings. The van der Waals surface area contributed by atoms with Crippen molar-refractivity contribution in [3.8, 4) is 5.75 Å². The van der Waals surface area contributed by atoms with Gasteiger partial charge in [0.25, 0.3) is 5.91 Å². The van der Waals surface area contributed by atoms with Gasteiger partial charge < -0.3 is 9.64 Å². The maximum absolute atomic E-state index is 13.7. The number of amides is 1. The van der Waals surface area contributed by atoms with Crippen LogP contribution in [-0.4, -0.2) is 54.0 Å². The van der Waals surface area contributed by atoms with Crippen LogP contribution in [0.4, 0.5) is 17.6 Å². The molecule has 0 radical (unpaired) electrons. The number of hydrogen-bond donors (Lipinski definition) is 0. The Morgan fingerprint density at radius 3 is 2.49 bits per heavy atom. The number of likely N-dealkylation sites (tertiary alicyclic amines) is 2. The van der Waals surface area contributed by atoms with Gasteiger partial charge in [0.05, 0.1) is 17.2 Å². The summed E-state index contributed by atoms with van der Waals surface area (Å²) in [6.07, 6.45) is 0.245. The van der Waals surface area contributed by atoms with Gasteiger partial charge in [-0.25, -0.2) is 4.39 Å². The summed E-state index contributed by atoms with van der Waals surface area (Å²) in [5.74, 6) is -0.319. The molecular weight excluding hydrogens is 460 g/mol. The summed E-state index contributed by atoms with van der Waals surface area (Å²) in [6.45, 7) is 2.78. The molecule has 1 atom stereocenters. The number of benzene rings is 2. The molecule has 0 unspecified atom stereocenters. The molecule has 4 fully saturated rings. The van der Waals surface area contributed by atoms with E-state index in [1.807, 2.05) is 0 Å². The van der Waals surface area contributed by atoms with Crippen LogP contribution in [0.5, 0.6) is 5.75 Å². The topological polar surface area (TPSA) is 32.8 Å². The lowest BCUT2D eigenvalue weighted by molar-refractivity contribution is -0.138. The van der Waals surface area contributed by atoms with E-state index in [9.17, 15) is 22.4 Å². The number of carbonyl (C=O) groups excluding carboxylic acids is 1. The maximum atomic E-state index is 13.7. The van der Waals surface area contributed by atoms with Crippen LogP contribution in [0.25, 0.3) is 0 Å². The van der Waals surface area contributed by atoms with E-state index in [1.165, 1.54) is 30.3 Å². The molecule has 2 aliphatic carbocycles. The van der Waals surface area contributed by atoms with Crippen LogP contribution in [0, 0.1) is 11.2 Å². The van der Waals surface area contributed by atoms with Crippen LogP contribution in [0.1, 0.15) is 59.5 Å². The first kappa shape index (κ1) is 22.8. The first-order valence-corrected chi connectivity index (χ1v) is 12.4. The summed E-state index contributed by atoms with van der Waals surface area (Å²) in [4.78, 5) is 17.2. The lowest BCUT2D eigenvalue weighted by atomic mass is 9.60. The third kappa shape index (κ3) is 4.30. The zero-order valence-electron chi connectivity index (χ0n) is 19.4. The predicted octanol–water partition coefficient (Wildman–Crippen LogP) is 5.48. The highest BCUT2D eigenvalue weighted by Crippen LogP contribution is 2.52. The van der Waals surface area contributed by atoms with Crippen molar-refractivity contribution in [3.63, 3.8) is 0 Å². The van der Waals surface area contributed by atoms with Gasteiger partial charge in [-0.1, -0.05) is 18.2 Å². The van der Waals surface area contributed by atoms with Gasteiger partial charge in [-0.3, -0.25) is 9.69 Å². The first-order chi connectivity index (χ1) is 16.7. The van der Waals surface area contributed by atoms with Crippen LogP contribution >= 0.6 is 0 Å². The molecule has 8 heteroatoms. The molecule has 2 saturated carbocycles. The quantitative estimate of drug-likeness (QED) is 0.523. The average Bonchev–Trinajstić information content (AvgIpc) is 3.44. The van der Waals surface area contributed by atoms with E-state index < -0.39 is 17.6 Å². The van der Waals surface area contributed by atoms with E-state index in [0.29, 0.717) is 42.6 Å². The molecule has 1 spiro atoms. The molecule has 0 N–H and O–H groups in total. The number of ether oxygens (including phenoxy) is 1. The summed E-state index contributed by atoms with van der Waals surface area (Å²) >= 11 is 0. The summed E-state index contributed by atoms with van der Waals surface area (Å²) in [7, 11) is 0. The molecule has 35 heavy (non-hydrogen) atoms. The maximum Gasteiger partial charge on any atom is 0.416 e. The third-order valence-corrected chi connectivity index (χ3v) is 8.11. The number of hydrogen-bond acceptors (Lipinski definition) is 3. The normalized spacial score (nSPS) is 24.3. The van der Waals surface area contributed by atoms with Crippen molar-refractivity contribution in [1.82, 2.24) is 9.80 Å². The molecule has 2 heterocycles. The zero-order valence-corrected chi connectivity index (χ0v) is 19.4. The number of halogens is 4. The largest absolute Gasteiger partial charge is 0.489 e. The Balaban J connectivity index is 1.05. The molecule has 4 aliphatic rings. The highest BCUT2D eigenvalue weighted by Gasteiger charge is 2.55. The monoisotopic (exact) mass is 488 g/mol.